The molecule has 90 valence electrons. The number of nitrogens with one attached hydrogen (secondary N) is 1. The first kappa shape index (κ1) is 11.7. The van der Waals surface area contributed by atoms with Gasteiger partial charge >= 0.3 is 5.97 Å². The van der Waals surface area contributed by atoms with Crippen molar-refractivity contribution >= 4 is 16.9 Å². The van der Waals surface area contributed by atoms with Crippen molar-refractivity contribution < 1.29 is 9.90 Å². The standard InChI is InChI=1S/C14H17NO2/c1-8-5-9-6-10(14(2,3)4)7-11(13(16)17)12(9)15-8/h5-7,15H,1-4H3,(H,16,17). The van der Waals surface area contributed by atoms with Gasteiger partial charge < -0.3 is 10.1 Å². The van der Waals surface area contributed by atoms with Gasteiger partial charge in [0, 0.05) is 11.1 Å². The van der Waals surface area contributed by atoms with Gasteiger partial charge in [0.25, 0.3) is 0 Å². The fraction of sp³-hybridized carbons (Fsp3) is 0.357. The zero-order valence-corrected chi connectivity index (χ0v) is 10.6. The second-order valence-electron chi connectivity index (χ2n) is 5.50. The van der Waals surface area contributed by atoms with Gasteiger partial charge in [-0.25, -0.2) is 4.79 Å². The summed E-state index contributed by atoms with van der Waals surface area (Å²) in [7, 11) is 0. The highest BCUT2D eigenvalue weighted by Gasteiger charge is 2.19. The third-order valence-electron chi connectivity index (χ3n) is 2.96. The quantitative estimate of drug-likeness (QED) is 0.789. The maximum atomic E-state index is 11.3. The molecule has 0 fully saturated rings. The van der Waals surface area contributed by atoms with Gasteiger partial charge in [0.05, 0.1) is 11.1 Å². The number of carbonyl (C=O) groups is 1. The van der Waals surface area contributed by atoms with Crippen molar-refractivity contribution in [2.45, 2.75) is 33.1 Å². The first-order chi connectivity index (χ1) is 7.79. The van der Waals surface area contributed by atoms with Gasteiger partial charge in [-0.2, -0.15) is 0 Å². The lowest BCUT2D eigenvalue weighted by Crippen LogP contribution is -2.12. The van der Waals surface area contributed by atoms with Crippen molar-refractivity contribution in [2.24, 2.45) is 0 Å². The molecule has 3 nitrogen and oxygen atoms in total. The highest BCUT2D eigenvalue weighted by Crippen LogP contribution is 2.29. The van der Waals surface area contributed by atoms with Crippen molar-refractivity contribution in [3.05, 3.63) is 35.0 Å². The smallest absolute Gasteiger partial charge is 0.337 e. The van der Waals surface area contributed by atoms with E-state index in [9.17, 15) is 9.90 Å². The van der Waals surface area contributed by atoms with E-state index in [0.29, 0.717) is 11.1 Å². The maximum absolute atomic E-state index is 11.3. The monoisotopic (exact) mass is 231 g/mol. The van der Waals surface area contributed by atoms with Gasteiger partial charge in [0.15, 0.2) is 0 Å². The molecule has 0 unspecified atom stereocenters. The van der Waals surface area contributed by atoms with E-state index in [0.717, 1.165) is 16.6 Å². The van der Waals surface area contributed by atoms with Crippen LogP contribution in [0.5, 0.6) is 0 Å². The minimum Gasteiger partial charge on any atom is -0.478 e. The summed E-state index contributed by atoms with van der Waals surface area (Å²) in [6.45, 7) is 8.18. The Balaban J connectivity index is 2.80. The van der Waals surface area contributed by atoms with Crippen LogP contribution in [0.1, 0.15) is 42.4 Å². The number of rotatable bonds is 1. The molecular formula is C14H17NO2. The lowest BCUT2D eigenvalue weighted by atomic mass is 9.85. The van der Waals surface area contributed by atoms with Gasteiger partial charge in [-0.1, -0.05) is 20.8 Å². The number of carboxylic acids is 1. The zero-order valence-electron chi connectivity index (χ0n) is 10.6. The molecule has 2 N–H and O–H groups in total. The number of H-pyrrole nitrogens is 1. The summed E-state index contributed by atoms with van der Waals surface area (Å²) in [5.41, 5.74) is 3.03. The molecule has 1 heterocycles. The van der Waals surface area contributed by atoms with Gasteiger partial charge in [0.1, 0.15) is 0 Å². The van der Waals surface area contributed by atoms with E-state index in [1.54, 1.807) is 6.07 Å². The van der Waals surface area contributed by atoms with Crippen LogP contribution >= 0.6 is 0 Å². The van der Waals surface area contributed by atoms with Gasteiger partial charge in [-0.15, -0.1) is 0 Å². The fourth-order valence-corrected chi connectivity index (χ4v) is 1.99. The summed E-state index contributed by atoms with van der Waals surface area (Å²) in [6.07, 6.45) is 0. The van der Waals surface area contributed by atoms with E-state index < -0.39 is 5.97 Å². The Morgan fingerprint density at radius 2 is 1.88 bits per heavy atom. The number of aryl methyl sites for hydroxylation is 1. The minimum atomic E-state index is -0.886. The first-order valence-corrected chi connectivity index (χ1v) is 5.66. The highest BCUT2D eigenvalue weighted by atomic mass is 16.4. The molecule has 1 aromatic heterocycles. The largest absolute Gasteiger partial charge is 0.478 e. The third-order valence-corrected chi connectivity index (χ3v) is 2.96. The molecule has 0 radical (unpaired) electrons. The highest BCUT2D eigenvalue weighted by molar-refractivity contribution is 6.02. The molecule has 0 aliphatic heterocycles. The summed E-state index contributed by atoms with van der Waals surface area (Å²) in [5, 5.41) is 10.2. The van der Waals surface area contributed by atoms with Crippen LogP contribution in [0.15, 0.2) is 18.2 Å². The van der Waals surface area contributed by atoms with Crippen molar-refractivity contribution in [1.82, 2.24) is 4.98 Å². The van der Waals surface area contributed by atoms with Crippen LogP contribution in [0.4, 0.5) is 0 Å². The lowest BCUT2D eigenvalue weighted by Gasteiger charge is -2.19. The van der Waals surface area contributed by atoms with E-state index in [1.165, 1.54) is 0 Å². The van der Waals surface area contributed by atoms with Crippen LogP contribution in [-0.2, 0) is 5.41 Å². The van der Waals surface area contributed by atoms with Crippen molar-refractivity contribution in [2.75, 3.05) is 0 Å². The minimum absolute atomic E-state index is 0.0520. The Hall–Kier alpha value is -1.77. The van der Waals surface area contributed by atoms with Crippen LogP contribution in [-0.4, -0.2) is 16.1 Å². The van der Waals surface area contributed by atoms with Crippen LogP contribution in [0, 0.1) is 6.92 Å². The van der Waals surface area contributed by atoms with Gasteiger partial charge in [0.2, 0.25) is 0 Å². The van der Waals surface area contributed by atoms with Crippen LogP contribution in [0.2, 0.25) is 0 Å². The van der Waals surface area contributed by atoms with Crippen molar-refractivity contribution in [1.29, 1.82) is 0 Å². The van der Waals surface area contributed by atoms with E-state index >= 15 is 0 Å². The Kier molecular flexibility index (Phi) is 2.49. The van der Waals surface area contributed by atoms with E-state index in [1.807, 2.05) is 13.0 Å². The van der Waals surface area contributed by atoms with E-state index in [2.05, 4.69) is 31.8 Å². The Bertz CT molecular complexity index is 588. The molecule has 0 saturated heterocycles. The second kappa shape index (κ2) is 3.62. The molecule has 17 heavy (non-hydrogen) atoms. The number of hydrogen-bond acceptors (Lipinski definition) is 1. The van der Waals surface area contributed by atoms with Crippen LogP contribution in [0.3, 0.4) is 0 Å². The molecule has 2 rings (SSSR count). The summed E-state index contributed by atoms with van der Waals surface area (Å²) >= 11 is 0. The number of aromatic amines is 1. The Morgan fingerprint density at radius 3 is 2.41 bits per heavy atom. The molecule has 1 aromatic carbocycles. The van der Waals surface area contributed by atoms with Crippen molar-refractivity contribution in [3.63, 3.8) is 0 Å². The van der Waals surface area contributed by atoms with Crippen LogP contribution in [0.25, 0.3) is 10.9 Å². The molecule has 0 spiro atoms. The molecule has 0 aliphatic rings. The molecular weight excluding hydrogens is 214 g/mol. The summed E-state index contributed by atoms with van der Waals surface area (Å²) in [5.74, 6) is -0.886. The molecule has 0 bridgehead atoms. The summed E-state index contributed by atoms with van der Waals surface area (Å²) < 4.78 is 0. The predicted octanol–water partition coefficient (Wildman–Crippen LogP) is 3.47. The van der Waals surface area contributed by atoms with Crippen LogP contribution < -0.4 is 0 Å². The lowest BCUT2D eigenvalue weighted by molar-refractivity contribution is 0.0698. The maximum Gasteiger partial charge on any atom is 0.337 e. The fourth-order valence-electron chi connectivity index (χ4n) is 1.99. The van der Waals surface area contributed by atoms with Gasteiger partial charge in [-0.3, -0.25) is 0 Å². The second-order valence-corrected chi connectivity index (χ2v) is 5.50. The normalized spacial score (nSPS) is 12.0. The molecule has 0 saturated carbocycles. The molecule has 2 aromatic rings. The van der Waals surface area contributed by atoms with Crippen molar-refractivity contribution in [3.8, 4) is 0 Å². The van der Waals surface area contributed by atoms with E-state index in [-0.39, 0.29) is 5.41 Å². The van der Waals surface area contributed by atoms with E-state index in [4.69, 9.17) is 0 Å². The zero-order chi connectivity index (χ0) is 12.8. The third kappa shape index (κ3) is 2.05. The Labute approximate surface area is 100 Å². The number of hydrogen-bond donors (Lipinski definition) is 2. The average molecular weight is 231 g/mol. The van der Waals surface area contributed by atoms with Gasteiger partial charge in [-0.05, 0) is 36.1 Å². The number of benzene rings is 1. The number of carboxylic acid groups (broad SMARTS) is 1. The molecule has 0 amide bonds. The topological polar surface area (TPSA) is 53.1 Å². The summed E-state index contributed by atoms with van der Waals surface area (Å²) in [4.78, 5) is 14.4. The predicted molar refractivity (Wildman–Crippen MR) is 68.7 cm³/mol. The number of aromatic nitrogens is 1. The molecule has 0 atom stereocenters. The Morgan fingerprint density at radius 1 is 1.24 bits per heavy atom. The molecule has 0 aliphatic carbocycles. The SMILES string of the molecule is Cc1cc2cc(C(C)(C)C)cc(C(=O)O)c2[nH]1. The number of aromatic carboxylic acids is 1. The average Bonchev–Trinajstić information content (AvgIpc) is 2.54. The molecule has 3 heteroatoms. The number of fused-ring (bicyclic) bond motifs is 1. The summed E-state index contributed by atoms with van der Waals surface area (Å²) in [6, 6.07) is 5.81. The first-order valence-electron chi connectivity index (χ1n) is 5.66.